The lowest BCUT2D eigenvalue weighted by Crippen LogP contribution is -2.21. The molecule has 0 spiro atoms. The van der Waals surface area contributed by atoms with Gasteiger partial charge in [-0.2, -0.15) is 0 Å². The van der Waals surface area contributed by atoms with Gasteiger partial charge < -0.3 is 10.6 Å². The van der Waals surface area contributed by atoms with Crippen LogP contribution >= 0.6 is 0 Å². The Labute approximate surface area is 298 Å². The van der Waals surface area contributed by atoms with Crippen molar-refractivity contribution in [3.63, 3.8) is 0 Å². The highest BCUT2D eigenvalue weighted by atomic mass is 16.2. The van der Waals surface area contributed by atoms with Crippen molar-refractivity contribution in [2.24, 2.45) is 0 Å². The van der Waals surface area contributed by atoms with E-state index < -0.39 is 0 Å². The third-order valence-electron chi connectivity index (χ3n) is 10.1. The van der Waals surface area contributed by atoms with Crippen LogP contribution in [0.3, 0.4) is 0 Å². The second kappa shape index (κ2) is 30.7. The lowest BCUT2D eigenvalue weighted by Gasteiger charge is -2.14. The molecule has 0 saturated carbocycles. The largest absolute Gasteiger partial charge is 0.323 e. The fourth-order valence-corrected chi connectivity index (χ4v) is 7.02. The van der Waals surface area contributed by atoms with E-state index >= 15 is 0 Å². The average molecular weight is 661 g/mol. The SMILES string of the molecule is CCCCCCCCCCCCCCCCc1ccccc1NC(=O)Nc1ccccc1CCCCCCCCCCCCCCCC. The van der Waals surface area contributed by atoms with Crippen LogP contribution in [-0.4, -0.2) is 6.03 Å². The summed E-state index contributed by atoms with van der Waals surface area (Å²) in [7, 11) is 0. The molecule has 0 aliphatic rings. The van der Waals surface area contributed by atoms with Crippen molar-refractivity contribution in [3.8, 4) is 0 Å². The van der Waals surface area contributed by atoms with Crippen molar-refractivity contribution in [1.29, 1.82) is 0 Å². The summed E-state index contributed by atoms with van der Waals surface area (Å²) in [5.74, 6) is 0. The molecule has 2 rings (SSSR count). The third-order valence-corrected chi connectivity index (χ3v) is 10.1. The summed E-state index contributed by atoms with van der Waals surface area (Å²) in [6.07, 6.45) is 40.5. The third kappa shape index (κ3) is 22.4. The Morgan fingerprint density at radius 1 is 0.375 bits per heavy atom. The quantitative estimate of drug-likeness (QED) is 0.0753. The number of hydrogen-bond acceptors (Lipinski definition) is 1. The summed E-state index contributed by atoms with van der Waals surface area (Å²) < 4.78 is 0. The number of rotatable bonds is 32. The molecule has 0 heterocycles. The molecule has 0 aliphatic heterocycles. The van der Waals surface area contributed by atoms with E-state index in [1.54, 1.807) is 0 Å². The maximum Gasteiger partial charge on any atom is 0.323 e. The predicted octanol–water partition coefficient (Wildman–Crippen LogP) is 15.4. The van der Waals surface area contributed by atoms with Crippen LogP contribution in [0.5, 0.6) is 0 Å². The van der Waals surface area contributed by atoms with Crippen LogP contribution in [0.4, 0.5) is 16.2 Å². The molecule has 2 aromatic rings. The minimum absolute atomic E-state index is 0.142. The molecular formula is C45H76N2O. The maximum atomic E-state index is 13.1. The van der Waals surface area contributed by atoms with Crippen molar-refractivity contribution < 1.29 is 4.79 Å². The Kier molecular flexibility index (Phi) is 26.8. The summed E-state index contributed by atoms with van der Waals surface area (Å²) in [6, 6.07) is 16.5. The van der Waals surface area contributed by atoms with E-state index in [-0.39, 0.29) is 6.03 Å². The second-order valence-electron chi connectivity index (χ2n) is 14.6. The van der Waals surface area contributed by atoms with Crippen LogP contribution in [0, 0.1) is 0 Å². The van der Waals surface area contributed by atoms with Gasteiger partial charge in [0.2, 0.25) is 0 Å². The van der Waals surface area contributed by atoms with Gasteiger partial charge in [0.25, 0.3) is 0 Å². The van der Waals surface area contributed by atoms with Crippen molar-refractivity contribution in [3.05, 3.63) is 59.7 Å². The molecule has 0 aromatic heterocycles. The number of nitrogens with one attached hydrogen (secondary N) is 2. The first-order valence-corrected chi connectivity index (χ1v) is 21.0. The predicted molar refractivity (Wildman–Crippen MR) is 214 cm³/mol. The summed E-state index contributed by atoms with van der Waals surface area (Å²) in [5, 5.41) is 6.31. The van der Waals surface area contributed by atoms with Crippen molar-refractivity contribution in [2.75, 3.05) is 10.6 Å². The Bertz CT molecular complexity index is 938. The molecule has 0 saturated heterocycles. The number of aryl methyl sites for hydroxylation is 2. The van der Waals surface area contributed by atoms with E-state index in [2.05, 4.69) is 48.7 Å². The lowest BCUT2D eigenvalue weighted by molar-refractivity contribution is 0.262. The second-order valence-corrected chi connectivity index (χ2v) is 14.6. The number of unbranched alkanes of at least 4 members (excludes halogenated alkanes) is 26. The van der Waals surface area contributed by atoms with Crippen molar-refractivity contribution in [2.45, 2.75) is 206 Å². The van der Waals surface area contributed by atoms with Gasteiger partial charge in [-0.15, -0.1) is 0 Å². The normalized spacial score (nSPS) is 11.2. The number of hydrogen-bond donors (Lipinski definition) is 2. The van der Waals surface area contributed by atoms with E-state index in [1.807, 2.05) is 24.3 Å². The first-order chi connectivity index (χ1) is 23.7. The number of para-hydroxylation sites is 2. The van der Waals surface area contributed by atoms with Crippen LogP contribution in [0.1, 0.15) is 205 Å². The van der Waals surface area contributed by atoms with E-state index in [4.69, 9.17) is 0 Å². The minimum atomic E-state index is -0.142. The van der Waals surface area contributed by atoms with E-state index in [1.165, 1.54) is 191 Å². The van der Waals surface area contributed by atoms with Crippen LogP contribution in [0.25, 0.3) is 0 Å². The Hall–Kier alpha value is -2.29. The van der Waals surface area contributed by atoms with Gasteiger partial charge in [0.1, 0.15) is 0 Å². The molecule has 0 atom stereocenters. The van der Waals surface area contributed by atoms with Gasteiger partial charge in [0.15, 0.2) is 0 Å². The van der Waals surface area contributed by atoms with Gasteiger partial charge in [-0.1, -0.05) is 217 Å². The molecule has 3 heteroatoms. The zero-order valence-electron chi connectivity index (χ0n) is 31.7. The summed E-state index contributed by atoms with van der Waals surface area (Å²) in [4.78, 5) is 13.1. The molecule has 2 N–H and O–H groups in total. The molecule has 0 radical (unpaired) electrons. The molecule has 0 aliphatic carbocycles. The Morgan fingerprint density at radius 3 is 0.917 bits per heavy atom. The van der Waals surface area contributed by atoms with E-state index in [0.29, 0.717) is 0 Å². The maximum absolute atomic E-state index is 13.1. The zero-order valence-corrected chi connectivity index (χ0v) is 31.7. The number of carbonyl (C=O) groups is 1. The molecule has 2 amide bonds. The number of anilines is 2. The van der Waals surface area contributed by atoms with E-state index in [9.17, 15) is 4.79 Å². The van der Waals surface area contributed by atoms with Gasteiger partial charge in [-0.3, -0.25) is 0 Å². The topological polar surface area (TPSA) is 41.1 Å². The van der Waals surface area contributed by atoms with Crippen LogP contribution in [0.2, 0.25) is 0 Å². The highest BCUT2D eigenvalue weighted by molar-refractivity contribution is 6.00. The molecule has 48 heavy (non-hydrogen) atoms. The lowest BCUT2D eigenvalue weighted by atomic mass is 10.0. The fraction of sp³-hybridized carbons (Fsp3) is 0.711. The van der Waals surface area contributed by atoms with Gasteiger partial charge in [0, 0.05) is 11.4 Å². The van der Waals surface area contributed by atoms with E-state index in [0.717, 1.165) is 24.2 Å². The molecule has 0 unspecified atom stereocenters. The summed E-state index contributed by atoms with van der Waals surface area (Å²) in [5.41, 5.74) is 4.35. The number of urea groups is 1. The van der Waals surface area contributed by atoms with Crippen LogP contribution < -0.4 is 10.6 Å². The Balaban J connectivity index is 1.56. The van der Waals surface area contributed by atoms with Gasteiger partial charge in [0.05, 0.1) is 0 Å². The van der Waals surface area contributed by atoms with Gasteiger partial charge in [-0.05, 0) is 48.9 Å². The number of amides is 2. The first kappa shape index (κ1) is 41.9. The fourth-order valence-electron chi connectivity index (χ4n) is 7.02. The summed E-state index contributed by atoms with van der Waals surface area (Å²) in [6.45, 7) is 4.58. The smallest absolute Gasteiger partial charge is 0.307 e. The van der Waals surface area contributed by atoms with Crippen molar-refractivity contribution >= 4 is 17.4 Å². The molecule has 0 bridgehead atoms. The first-order valence-electron chi connectivity index (χ1n) is 21.0. The highest BCUT2D eigenvalue weighted by Gasteiger charge is 2.09. The number of benzene rings is 2. The highest BCUT2D eigenvalue weighted by Crippen LogP contribution is 2.22. The van der Waals surface area contributed by atoms with Crippen molar-refractivity contribution in [1.82, 2.24) is 0 Å². The average Bonchev–Trinajstić information content (AvgIpc) is 3.10. The minimum Gasteiger partial charge on any atom is -0.307 e. The standard InChI is InChI=1S/C45H76N2O/c1-3-5-7-9-11-13-15-17-19-21-23-25-27-29-35-41-37-31-33-39-43(41)46-45(48)47-44-40-34-32-38-42(44)36-30-28-26-24-22-20-18-16-14-12-10-8-6-4-2/h31-34,37-40H,3-30,35-36H2,1-2H3,(H2,46,47,48). The van der Waals surface area contributed by atoms with Crippen LogP contribution in [0.15, 0.2) is 48.5 Å². The molecule has 3 nitrogen and oxygen atoms in total. The summed E-state index contributed by atoms with van der Waals surface area (Å²) >= 11 is 0. The van der Waals surface area contributed by atoms with Gasteiger partial charge in [-0.25, -0.2) is 4.79 Å². The van der Waals surface area contributed by atoms with Gasteiger partial charge >= 0.3 is 6.03 Å². The monoisotopic (exact) mass is 661 g/mol. The van der Waals surface area contributed by atoms with Crippen LogP contribution in [-0.2, 0) is 12.8 Å². The Morgan fingerprint density at radius 2 is 0.625 bits per heavy atom. The molecular weight excluding hydrogens is 585 g/mol. The molecule has 0 fully saturated rings. The number of carbonyl (C=O) groups excluding carboxylic acids is 1. The zero-order chi connectivity index (χ0) is 34.2. The molecule has 2 aromatic carbocycles. The molecule has 272 valence electrons.